The minimum Gasteiger partial charge on any atom is -0.486 e. The highest BCUT2D eigenvalue weighted by atomic mass is 35.5. The third-order valence-electron chi connectivity index (χ3n) is 6.02. The number of fused-ring (bicyclic) bond motifs is 1. The maximum atomic E-state index is 13.0. The van der Waals surface area contributed by atoms with E-state index in [9.17, 15) is 4.79 Å². The fourth-order valence-corrected chi connectivity index (χ4v) is 4.56. The molecule has 8 heteroatoms. The second-order valence-corrected chi connectivity index (χ2v) is 9.71. The van der Waals surface area contributed by atoms with Crippen molar-refractivity contribution in [3.8, 4) is 0 Å². The van der Waals surface area contributed by atoms with Gasteiger partial charge in [0, 0.05) is 33.6 Å². The predicted octanol–water partition coefficient (Wildman–Crippen LogP) is 8.55. The maximum Gasteiger partial charge on any atom is 0.360 e. The lowest BCUT2D eigenvalue weighted by molar-refractivity contribution is -0.137. The van der Waals surface area contributed by atoms with Crippen LogP contribution >= 0.6 is 11.6 Å². The highest BCUT2D eigenvalue weighted by Crippen LogP contribution is 2.43. The molecule has 0 amide bonds. The SMILES string of the molecule is C=C(C)/C=C(\N)c1cccc2c1/C(=C\C)N(/N=C\C)C(C(=O)OC)=C2OCc1ccccc1.CC.CN.Cc1cccc(Cl)c1. The van der Waals surface area contributed by atoms with Crippen molar-refractivity contribution in [3.63, 3.8) is 0 Å². The van der Waals surface area contributed by atoms with E-state index in [1.165, 1.54) is 19.7 Å². The number of hydrogen-bond acceptors (Lipinski definition) is 7. The summed E-state index contributed by atoms with van der Waals surface area (Å²) in [7, 11) is 2.84. The van der Waals surface area contributed by atoms with Crippen molar-refractivity contribution in [2.24, 2.45) is 16.6 Å². The van der Waals surface area contributed by atoms with Crippen molar-refractivity contribution in [3.05, 3.63) is 136 Å². The van der Waals surface area contributed by atoms with Crippen LogP contribution in [0.5, 0.6) is 0 Å². The molecular weight excluding hydrogens is 584 g/mol. The van der Waals surface area contributed by atoms with Crippen LogP contribution in [0.25, 0.3) is 17.2 Å². The Morgan fingerprint density at radius 2 is 1.67 bits per heavy atom. The fraction of sp³-hybridized carbons (Fsp3) is 0.243. The Kier molecular flexibility index (Phi) is 17.4. The van der Waals surface area contributed by atoms with Crippen LogP contribution in [0.4, 0.5) is 0 Å². The molecule has 7 nitrogen and oxygen atoms in total. The van der Waals surface area contributed by atoms with Crippen molar-refractivity contribution in [1.29, 1.82) is 0 Å². The number of rotatable bonds is 7. The molecule has 0 unspecified atom stereocenters. The number of halogens is 1. The van der Waals surface area contributed by atoms with E-state index in [0.29, 0.717) is 17.2 Å². The summed E-state index contributed by atoms with van der Waals surface area (Å²) >= 11 is 5.64. The topological polar surface area (TPSA) is 103 Å². The molecule has 3 aromatic carbocycles. The van der Waals surface area contributed by atoms with Crippen LogP contribution in [0.2, 0.25) is 5.02 Å². The summed E-state index contributed by atoms with van der Waals surface area (Å²) in [6.07, 6.45) is 5.32. The number of esters is 1. The second-order valence-electron chi connectivity index (χ2n) is 9.28. The zero-order chi connectivity index (χ0) is 33.9. The molecular formula is C37H47ClN4O3. The van der Waals surface area contributed by atoms with Gasteiger partial charge < -0.3 is 20.9 Å². The van der Waals surface area contributed by atoms with Crippen molar-refractivity contribution in [2.75, 3.05) is 14.2 Å². The molecule has 240 valence electrons. The van der Waals surface area contributed by atoms with Crippen molar-refractivity contribution in [2.45, 2.75) is 48.1 Å². The number of hydrazone groups is 1. The average Bonchev–Trinajstić information content (AvgIpc) is 3.05. The normalized spacial score (nSPS) is 13.0. The first-order valence-electron chi connectivity index (χ1n) is 14.7. The standard InChI is InChI=1S/C27H29N3O3.C7H7Cl.C2H6.CH5N/c1-6-23-24-20(22(28)16-18(3)4)14-11-15-21(24)26(33-17-19-12-9-8-10-13-19)25(27(31)32-5)30(23)29-7-2;1-6-3-2-4-7(8)5-6;2*1-2/h6-16H,3,17,28H2,1-2,4-5H3;2-5H,1H3;1-2H3;2H2,1H3/b22-16-,23-6+,29-7-;;;. The third-order valence-corrected chi connectivity index (χ3v) is 6.26. The Hall–Kier alpha value is -4.59. The summed E-state index contributed by atoms with van der Waals surface area (Å²) in [6, 6.07) is 23.2. The van der Waals surface area contributed by atoms with Gasteiger partial charge >= 0.3 is 5.97 Å². The van der Waals surface area contributed by atoms with Gasteiger partial charge in [-0.2, -0.15) is 5.10 Å². The van der Waals surface area contributed by atoms with E-state index < -0.39 is 5.97 Å². The van der Waals surface area contributed by atoms with Gasteiger partial charge in [0.2, 0.25) is 0 Å². The summed E-state index contributed by atoms with van der Waals surface area (Å²) in [5.41, 5.74) is 17.8. The Morgan fingerprint density at radius 3 is 2.18 bits per heavy atom. The number of hydrogen-bond donors (Lipinski definition) is 2. The van der Waals surface area contributed by atoms with E-state index in [4.69, 9.17) is 26.8 Å². The summed E-state index contributed by atoms with van der Waals surface area (Å²) in [4.78, 5) is 13.0. The van der Waals surface area contributed by atoms with Crippen LogP contribution in [0, 0.1) is 6.92 Å². The van der Waals surface area contributed by atoms with Gasteiger partial charge in [0.25, 0.3) is 0 Å². The molecule has 4 rings (SSSR count). The number of carbonyl (C=O) groups excluding carboxylic acids is 1. The number of ether oxygens (including phenoxy) is 2. The van der Waals surface area contributed by atoms with E-state index in [1.807, 2.05) is 120 Å². The molecule has 0 bridgehead atoms. The van der Waals surface area contributed by atoms with E-state index in [1.54, 1.807) is 18.1 Å². The third kappa shape index (κ3) is 10.8. The number of carbonyl (C=O) groups is 1. The van der Waals surface area contributed by atoms with Gasteiger partial charge in [-0.3, -0.25) is 0 Å². The Balaban J connectivity index is 0.000000715. The smallest absolute Gasteiger partial charge is 0.360 e. The Bertz CT molecular complexity index is 1510. The molecule has 1 aliphatic heterocycles. The minimum atomic E-state index is -0.551. The summed E-state index contributed by atoms with van der Waals surface area (Å²) in [6.45, 7) is 15.8. The maximum absolute atomic E-state index is 13.0. The zero-order valence-corrected chi connectivity index (χ0v) is 28.5. The fourth-order valence-electron chi connectivity index (χ4n) is 4.31. The highest BCUT2D eigenvalue weighted by molar-refractivity contribution is 6.30. The van der Waals surface area contributed by atoms with Crippen LogP contribution in [-0.4, -0.2) is 31.4 Å². The molecule has 0 saturated carbocycles. The lowest BCUT2D eigenvalue weighted by Crippen LogP contribution is -2.30. The zero-order valence-electron chi connectivity index (χ0n) is 27.7. The van der Waals surface area contributed by atoms with E-state index >= 15 is 0 Å². The highest BCUT2D eigenvalue weighted by Gasteiger charge is 2.36. The molecule has 1 heterocycles. The minimum absolute atomic E-state index is 0.201. The molecule has 0 fully saturated rings. The van der Waals surface area contributed by atoms with Crippen LogP contribution in [0.3, 0.4) is 0 Å². The molecule has 4 N–H and O–H groups in total. The van der Waals surface area contributed by atoms with Gasteiger partial charge in [-0.25, -0.2) is 9.80 Å². The molecule has 1 aliphatic rings. The van der Waals surface area contributed by atoms with Crippen LogP contribution in [0.15, 0.2) is 108 Å². The van der Waals surface area contributed by atoms with Gasteiger partial charge in [-0.15, -0.1) is 0 Å². The lowest BCUT2D eigenvalue weighted by Gasteiger charge is -2.33. The number of nitrogens with two attached hydrogens (primary N) is 2. The van der Waals surface area contributed by atoms with Crippen molar-refractivity contribution in [1.82, 2.24) is 5.01 Å². The molecule has 45 heavy (non-hydrogen) atoms. The van der Waals surface area contributed by atoms with Gasteiger partial charge in [0.15, 0.2) is 11.5 Å². The monoisotopic (exact) mass is 630 g/mol. The van der Waals surface area contributed by atoms with Crippen LogP contribution in [-0.2, 0) is 20.9 Å². The molecule has 0 aliphatic carbocycles. The van der Waals surface area contributed by atoms with Crippen LogP contribution in [0.1, 0.15) is 62.4 Å². The first kappa shape index (κ1) is 38.4. The number of nitrogens with zero attached hydrogens (tertiary/aromatic N) is 2. The molecule has 0 aromatic heterocycles. The van der Waals surface area contributed by atoms with Gasteiger partial charge in [0.05, 0.1) is 12.8 Å². The predicted molar refractivity (Wildman–Crippen MR) is 191 cm³/mol. The summed E-state index contributed by atoms with van der Waals surface area (Å²) in [5, 5.41) is 6.83. The quantitative estimate of drug-likeness (QED) is 0.154. The Labute approximate surface area is 274 Å². The Morgan fingerprint density at radius 1 is 1.02 bits per heavy atom. The van der Waals surface area contributed by atoms with E-state index in [2.05, 4.69) is 17.4 Å². The van der Waals surface area contributed by atoms with E-state index in [-0.39, 0.29) is 12.3 Å². The first-order valence-corrected chi connectivity index (χ1v) is 15.1. The molecule has 3 aromatic rings. The van der Waals surface area contributed by atoms with Gasteiger partial charge in [-0.1, -0.05) is 104 Å². The molecule has 0 saturated heterocycles. The number of methoxy groups -OCH3 is 1. The second kappa shape index (κ2) is 20.4. The number of benzene rings is 3. The van der Waals surface area contributed by atoms with Crippen molar-refractivity contribution >= 4 is 40.9 Å². The first-order chi connectivity index (χ1) is 21.7. The lowest BCUT2D eigenvalue weighted by atomic mass is 9.90. The number of allylic oxidation sites excluding steroid dienone is 3. The van der Waals surface area contributed by atoms with E-state index in [0.717, 1.165) is 32.8 Å². The average molecular weight is 631 g/mol. The summed E-state index contributed by atoms with van der Waals surface area (Å²) in [5.74, 6) is -0.175. The molecule has 0 atom stereocenters. The largest absolute Gasteiger partial charge is 0.486 e. The number of aryl methyl sites for hydroxylation is 1. The van der Waals surface area contributed by atoms with Crippen molar-refractivity contribution < 1.29 is 14.3 Å². The van der Waals surface area contributed by atoms with Gasteiger partial charge in [0.1, 0.15) is 6.61 Å². The van der Waals surface area contributed by atoms with Gasteiger partial charge in [-0.05, 0) is 64.1 Å². The summed E-state index contributed by atoms with van der Waals surface area (Å²) < 4.78 is 11.4. The molecule has 0 radical (unpaired) electrons. The molecule has 0 spiro atoms. The van der Waals surface area contributed by atoms with Crippen LogP contribution < -0.4 is 11.5 Å².